The summed E-state index contributed by atoms with van der Waals surface area (Å²) in [6.45, 7) is 0.526. The van der Waals surface area contributed by atoms with Crippen molar-refractivity contribution in [3.8, 4) is 0 Å². The van der Waals surface area contributed by atoms with E-state index in [1.54, 1.807) is 12.1 Å². The minimum absolute atomic E-state index is 0.00878. The summed E-state index contributed by atoms with van der Waals surface area (Å²) in [5.41, 5.74) is 0.960. The first-order valence-electron chi connectivity index (χ1n) is 6.42. The van der Waals surface area contributed by atoms with Crippen LogP contribution < -0.4 is 5.32 Å². The summed E-state index contributed by atoms with van der Waals surface area (Å²) in [5.74, 6) is 0.809. The van der Waals surface area contributed by atoms with Gasteiger partial charge >= 0.3 is 0 Å². The summed E-state index contributed by atoms with van der Waals surface area (Å²) in [4.78, 5) is 34.6. The molecule has 0 radical (unpaired) electrons. The molecule has 1 saturated heterocycles. The minimum Gasteiger partial charge on any atom is -0.354 e. The second-order valence-electron chi connectivity index (χ2n) is 4.59. The Morgan fingerprint density at radius 1 is 1.38 bits per heavy atom. The Bertz CT molecular complexity index is 547. The van der Waals surface area contributed by atoms with E-state index in [1.165, 1.54) is 28.8 Å². The second-order valence-corrected chi connectivity index (χ2v) is 5.55. The molecule has 21 heavy (non-hydrogen) atoms. The maximum atomic E-state index is 11.7. The molecule has 0 spiro atoms. The standard InChI is InChI=1S/C13H15N3O4S/c17-12(7-15-9-21-8-13(15)18)14-6-5-10-1-3-11(4-2-10)16(19)20/h1-4H,5-9H2,(H,14,17). The van der Waals surface area contributed by atoms with E-state index in [-0.39, 0.29) is 24.0 Å². The summed E-state index contributed by atoms with van der Waals surface area (Å²) in [5, 5.41) is 13.3. The highest BCUT2D eigenvalue weighted by Gasteiger charge is 2.22. The average molecular weight is 309 g/mol. The van der Waals surface area contributed by atoms with Crippen molar-refractivity contribution in [1.82, 2.24) is 10.2 Å². The monoisotopic (exact) mass is 309 g/mol. The number of carbonyl (C=O) groups is 2. The molecule has 0 aromatic heterocycles. The van der Waals surface area contributed by atoms with Crippen LogP contribution in [-0.4, -0.2) is 46.4 Å². The molecule has 1 fully saturated rings. The van der Waals surface area contributed by atoms with Crippen LogP contribution in [0.15, 0.2) is 24.3 Å². The van der Waals surface area contributed by atoms with E-state index in [0.717, 1.165) is 5.56 Å². The van der Waals surface area contributed by atoms with Crippen molar-refractivity contribution >= 4 is 29.3 Å². The highest BCUT2D eigenvalue weighted by molar-refractivity contribution is 8.00. The normalized spacial score (nSPS) is 14.3. The van der Waals surface area contributed by atoms with Crippen LogP contribution in [0.1, 0.15) is 5.56 Å². The van der Waals surface area contributed by atoms with Gasteiger partial charge in [0, 0.05) is 18.7 Å². The molecule has 1 heterocycles. The molecular weight excluding hydrogens is 294 g/mol. The van der Waals surface area contributed by atoms with Crippen LogP contribution in [0.5, 0.6) is 0 Å². The van der Waals surface area contributed by atoms with Gasteiger partial charge in [0.1, 0.15) is 6.54 Å². The molecule has 8 heteroatoms. The summed E-state index contributed by atoms with van der Waals surface area (Å²) in [6, 6.07) is 6.23. The van der Waals surface area contributed by atoms with E-state index in [9.17, 15) is 19.7 Å². The van der Waals surface area contributed by atoms with Gasteiger partial charge in [-0.1, -0.05) is 12.1 Å². The zero-order chi connectivity index (χ0) is 15.2. The Kier molecular flexibility index (Phi) is 5.15. The summed E-state index contributed by atoms with van der Waals surface area (Å²) < 4.78 is 0. The molecule has 0 atom stereocenters. The van der Waals surface area contributed by atoms with Crippen molar-refractivity contribution in [3.63, 3.8) is 0 Å². The average Bonchev–Trinajstić information content (AvgIpc) is 2.85. The number of hydrogen-bond donors (Lipinski definition) is 1. The lowest BCUT2D eigenvalue weighted by Gasteiger charge is -2.14. The predicted octanol–water partition coefficient (Wildman–Crippen LogP) is 0.786. The smallest absolute Gasteiger partial charge is 0.269 e. The number of hydrogen-bond acceptors (Lipinski definition) is 5. The fourth-order valence-corrected chi connectivity index (χ4v) is 2.80. The first-order chi connectivity index (χ1) is 10.1. The van der Waals surface area contributed by atoms with Gasteiger partial charge in [0.05, 0.1) is 16.6 Å². The Morgan fingerprint density at radius 2 is 2.10 bits per heavy atom. The largest absolute Gasteiger partial charge is 0.354 e. The lowest BCUT2D eigenvalue weighted by molar-refractivity contribution is -0.384. The molecule has 2 amide bonds. The molecule has 0 saturated carbocycles. The highest BCUT2D eigenvalue weighted by atomic mass is 32.2. The molecule has 1 aromatic rings. The third-order valence-corrected chi connectivity index (χ3v) is 3.99. The zero-order valence-corrected chi connectivity index (χ0v) is 12.1. The molecule has 0 unspecified atom stereocenters. The number of nitro groups is 1. The van der Waals surface area contributed by atoms with Crippen LogP contribution in [0.2, 0.25) is 0 Å². The van der Waals surface area contributed by atoms with Crippen LogP contribution in [0.3, 0.4) is 0 Å². The van der Waals surface area contributed by atoms with Crippen molar-refractivity contribution < 1.29 is 14.5 Å². The Labute approximate surface area is 125 Å². The number of amides is 2. The summed E-state index contributed by atoms with van der Waals surface area (Å²) >= 11 is 1.50. The molecule has 1 N–H and O–H groups in total. The van der Waals surface area contributed by atoms with E-state index in [0.29, 0.717) is 24.6 Å². The predicted molar refractivity (Wildman–Crippen MR) is 78.8 cm³/mol. The van der Waals surface area contributed by atoms with E-state index < -0.39 is 4.92 Å². The molecular formula is C13H15N3O4S. The number of nitro benzene ring substituents is 1. The van der Waals surface area contributed by atoms with Crippen LogP contribution in [0.25, 0.3) is 0 Å². The molecule has 1 aromatic carbocycles. The van der Waals surface area contributed by atoms with Crippen molar-refractivity contribution in [2.75, 3.05) is 24.7 Å². The van der Waals surface area contributed by atoms with E-state index in [1.807, 2.05) is 0 Å². The van der Waals surface area contributed by atoms with Crippen LogP contribution in [-0.2, 0) is 16.0 Å². The molecule has 0 aliphatic carbocycles. The molecule has 1 aliphatic rings. The quantitative estimate of drug-likeness (QED) is 0.619. The van der Waals surface area contributed by atoms with Crippen molar-refractivity contribution in [2.45, 2.75) is 6.42 Å². The maximum Gasteiger partial charge on any atom is 0.269 e. The van der Waals surface area contributed by atoms with Crippen LogP contribution in [0.4, 0.5) is 5.69 Å². The third kappa shape index (κ3) is 4.45. The lowest BCUT2D eigenvalue weighted by atomic mass is 10.1. The number of nitrogens with one attached hydrogen (secondary N) is 1. The Hall–Kier alpha value is -2.09. The van der Waals surface area contributed by atoms with Gasteiger partial charge < -0.3 is 10.2 Å². The Balaban J connectivity index is 1.72. The van der Waals surface area contributed by atoms with Gasteiger partial charge in [0.25, 0.3) is 5.69 Å². The molecule has 0 bridgehead atoms. The van der Waals surface area contributed by atoms with E-state index in [2.05, 4.69) is 5.32 Å². The van der Waals surface area contributed by atoms with Crippen molar-refractivity contribution in [1.29, 1.82) is 0 Å². The van der Waals surface area contributed by atoms with E-state index in [4.69, 9.17) is 0 Å². The number of non-ortho nitro benzene ring substituents is 1. The third-order valence-electron chi connectivity index (χ3n) is 3.04. The fourth-order valence-electron chi connectivity index (χ4n) is 1.90. The lowest BCUT2D eigenvalue weighted by Crippen LogP contribution is -2.38. The fraction of sp³-hybridized carbons (Fsp3) is 0.385. The molecule has 7 nitrogen and oxygen atoms in total. The molecule has 1 aliphatic heterocycles. The van der Waals surface area contributed by atoms with Gasteiger partial charge in [-0.15, -0.1) is 11.8 Å². The topological polar surface area (TPSA) is 92.6 Å². The number of benzene rings is 1. The van der Waals surface area contributed by atoms with Crippen molar-refractivity contribution in [2.24, 2.45) is 0 Å². The number of nitrogens with zero attached hydrogens (tertiary/aromatic N) is 2. The SMILES string of the molecule is O=C(CN1CSCC1=O)NCCc1ccc([N+](=O)[O-])cc1. The van der Waals surface area contributed by atoms with Crippen molar-refractivity contribution in [3.05, 3.63) is 39.9 Å². The van der Waals surface area contributed by atoms with Gasteiger partial charge in [0.2, 0.25) is 11.8 Å². The Morgan fingerprint density at radius 3 is 2.67 bits per heavy atom. The zero-order valence-electron chi connectivity index (χ0n) is 11.3. The highest BCUT2D eigenvalue weighted by Crippen LogP contribution is 2.14. The van der Waals surface area contributed by atoms with Crippen LogP contribution in [0, 0.1) is 10.1 Å². The molecule has 2 rings (SSSR count). The number of rotatable bonds is 6. The van der Waals surface area contributed by atoms with E-state index >= 15 is 0 Å². The van der Waals surface area contributed by atoms with Gasteiger partial charge in [-0.05, 0) is 12.0 Å². The second kappa shape index (κ2) is 7.07. The van der Waals surface area contributed by atoms with Gasteiger partial charge in [0.15, 0.2) is 0 Å². The summed E-state index contributed by atoms with van der Waals surface area (Å²) in [7, 11) is 0. The maximum absolute atomic E-state index is 11.7. The first-order valence-corrected chi connectivity index (χ1v) is 7.57. The van der Waals surface area contributed by atoms with Gasteiger partial charge in [-0.25, -0.2) is 0 Å². The van der Waals surface area contributed by atoms with Gasteiger partial charge in [-0.2, -0.15) is 0 Å². The number of thioether (sulfide) groups is 1. The number of carbonyl (C=O) groups excluding carboxylic acids is 2. The minimum atomic E-state index is -0.448. The van der Waals surface area contributed by atoms with Crippen LogP contribution >= 0.6 is 11.8 Å². The first kappa shape index (κ1) is 15.3. The summed E-state index contributed by atoms with van der Waals surface area (Å²) in [6.07, 6.45) is 0.590. The van der Waals surface area contributed by atoms with Gasteiger partial charge in [-0.3, -0.25) is 19.7 Å². The molecule has 112 valence electrons.